The maximum atomic E-state index is 13.2. The van der Waals surface area contributed by atoms with Gasteiger partial charge in [-0.3, -0.25) is 14.6 Å². The number of nitrogens with one attached hydrogen (secondary N) is 2. The number of benzene rings is 1. The molecule has 0 aliphatic rings. The van der Waals surface area contributed by atoms with Gasteiger partial charge in [0.2, 0.25) is 5.95 Å². The highest BCUT2D eigenvalue weighted by molar-refractivity contribution is 7.13. The molecule has 0 radical (unpaired) electrons. The van der Waals surface area contributed by atoms with E-state index < -0.39 is 5.91 Å². The second-order valence-corrected chi connectivity index (χ2v) is 8.06. The Balaban J connectivity index is 1.79. The van der Waals surface area contributed by atoms with Gasteiger partial charge in [-0.1, -0.05) is 25.5 Å². The van der Waals surface area contributed by atoms with Crippen LogP contribution < -0.4 is 20.3 Å². The second-order valence-electron chi connectivity index (χ2n) is 7.11. The molecule has 3 aromatic heterocycles. The third-order valence-electron chi connectivity index (χ3n) is 4.86. The van der Waals surface area contributed by atoms with Crippen molar-refractivity contribution >= 4 is 23.1 Å². The lowest BCUT2D eigenvalue weighted by Gasteiger charge is -2.13. The summed E-state index contributed by atoms with van der Waals surface area (Å²) in [5, 5.41) is 9.43. The fourth-order valence-electron chi connectivity index (χ4n) is 3.40. The molecule has 0 bridgehead atoms. The maximum Gasteiger partial charge on any atom is 0.260 e. The Morgan fingerprint density at radius 3 is 2.73 bits per heavy atom. The molecule has 3 heterocycles. The maximum absolute atomic E-state index is 13.2. The fraction of sp³-hybridized carbons (Fsp3) is 0.217. The molecule has 170 valence electrons. The summed E-state index contributed by atoms with van der Waals surface area (Å²) >= 11 is 1.52. The van der Waals surface area contributed by atoms with Crippen LogP contribution in [0.15, 0.2) is 52.6 Å². The normalized spacial score (nSPS) is 10.8. The van der Waals surface area contributed by atoms with Crippen molar-refractivity contribution in [3.63, 3.8) is 0 Å². The fourth-order valence-corrected chi connectivity index (χ4v) is 4.09. The number of thiophene rings is 1. The van der Waals surface area contributed by atoms with Crippen molar-refractivity contribution in [3.05, 3.63) is 69.5 Å². The average Bonchev–Trinajstić information content (AvgIpc) is 3.48. The highest BCUT2D eigenvalue weighted by Gasteiger charge is 2.21. The van der Waals surface area contributed by atoms with Gasteiger partial charge in [0.05, 0.1) is 24.7 Å². The van der Waals surface area contributed by atoms with Gasteiger partial charge in [0.25, 0.3) is 11.5 Å². The average molecular weight is 466 g/mol. The van der Waals surface area contributed by atoms with E-state index in [1.807, 2.05) is 24.4 Å². The minimum absolute atomic E-state index is 0.224. The predicted octanol–water partition coefficient (Wildman–Crippen LogP) is 3.91. The van der Waals surface area contributed by atoms with E-state index in [1.165, 1.54) is 36.3 Å². The molecule has 33 heavy (non-hydrogen) atoms. The molecular weight excluding hydrogens is 442 g/mol. The Morgan fingerprint density at radius 1 is 1.18 bits per heavy atom. The quantitative estimate of drug-likeness (QED) is 0.408. The Hall–Kier alpha value is -3.92. The van der Waals surface area contributed by atoms with Crippen LogP contribution in [0.25, 0.3) is 16.5 Å². The van der Waals surface area contributed by atoms with Crippen LogP contribution in [0.2, 0.25) is 0 Å². The number of H-pyrrole nitrogens is 1. The van der Waals surface area contributed by atoms with Gasteiger partial charge in [-0.15, -0.1) is 11.3 Å². The molecule has 9 nitrogen and oxygen atoms in total. The van der Waals surface area contributed by atoms with E-state index in [1.54, 1.807) is 24.3 Å². The van der Waals surface area contributed by atoms with Crippen LogP contribution >= 0.6 is 11.3 Å². The van der Waals surface area contributed by atoms with Crippen molar-refractivity contribution in [2.45, 2.75) is 19.8 Å². The van der Waals surface area contributed by atoms with Gasteiger partial charge >= 0.3 is 0 Å². The molecule has 0 spiro atoms. The Labute approximate surface area is 194 Å². The van der Waals surface area contributed by atoms with Gasteiger partial charge in [0, 0.05) is 17.8 Å². The van der Waals surface area contributed by atoms with Crippen LogP contribution in [0.3, 0.4) is 0 Å². The zero-order valence-electron chi connectivity index (χ0n) is 18.4. The van der Waals surface area contributed by atoms with Crippen molar-refractivity contribution in [1.29, 1.82) is 0 Å². The van der Waals surface area contributed by atoms with Gasteiger partial charge in [0.1, 0.15) is 11.5 Å². The van der Waals surface area contributed by atoms with E-state index in [9.17, 15) is 9.59 Å². The zero-order chi connectivity index (χ0) is 23.4. The smallest absolute Gasteiger partial charge is 0.260 e. The van der Waals surface area contributed by atoms with E-state index in [4.69, 9.17) is 9.47 Å². The first-order valence-corrected chi connectivity index (χ1v) is 11.2. The number of carbonyl (C=O) groups is 1. The molecule has 0 atom stereocenters. The van der Waals surface area contributed by atoms with Crippen molar-refractivity contribution in [1.82, 2.24) is 19.7 Å². The van der Waals surface area contributed by atoms with E-state index in [0.29, 0.717) is 40.7 Å². The lowest BCUT2D eigenvalue weighted by atomic mass is 10.1. The van der Waals surface area contributed by atoms with Crippen molar-refractivity contribution in [3.8, 4) is 28.0 Å². The van der Waals surface area contributed by atoms with Gasteiger partial charge in [-0.25, -0.2) is 4.98 Å². The number of hydrogen-bond acceptors (Lipinski definition) is 7. The van der Waals surface area contributed by atoms with E-state index in [2.05, 4.69) is 20.4 Å². The first-order valence-electron chi connectivity index (χ1n) is 10.3. The number of aromatic nitrogens is 4. The summed E-state index contributed by atoms with van der Waals surface area (Å²) in [7, 11) is 2.98. The highest BCUT2D eigenvalue weighted by atomic mass is 32.1. The van der Waals surface area contributed by atoms with Gasteiger partial charge in [-0.05, 0) is 30.0 Å². The van der Waals surface area contributed by atoms with E-state index in [0.717, 1.165) is 11.3 Å². The zero-order valence-corrected chi connectivity index (χ0v) is 19.2. The van der Waals surface area contributed by atoms with Crippen molar-refractivity contribution in [2.24, 2.45) is 0 Å². The van der Waals surface area contributed by atoms with Gasteiger partial charge < -0.3 is 14.8 Å². The van der Waals surface area contributed by atoms with Crippen LogP contribution in [0.1, 0.15) is 29.4 Å². The number of aryl methyl sites for hydroxylation is 1. The number of aromatic amines is 1. The number of para-hydroxylation sites is 1. The number of methoxy groups -OCH3 is 2. The molecule has 4 aromatic rings. The first-order chi connectivity index (χ1) is 16.0. The molecule has 4 rings (SSSR count). The van der Waals surface area contributed by atoms with Crippen LogP contribution in [-0.4, -0.2) is 39.9 Å². The summed E-state index contributed by atoms with van der Waals surface area (Å²) in [5.41, 5.74) is 1.30. The van der Waals surface area contributed by atoms with E-state index >= 15 is 0 Å². The minimum Gasteiger partial charge on any atom is -0.493 e. The number of anilines is 1. The van der Waals surface area contributed by atoms with Gasteiger partial charge in [0.15, 0.2) is 11.5 Å². The molecule has 1 amide bonds. The van der Waals surface area contributed by atoms with Crippen LogP contribution in [0.4, 0.5) is 5.82 Å². The van der Waals surface area contributed by atoms with E-state index in [-0.39, 0.29) is 11.5 Å². The molecule has 1 aromatic carbocycles. The Kier molecular flexibility index (Phi) is 6.55. The second kappa shape index (κ2) is 9.70. The monoisotopic (exact) mass is 465 g/mol. The molecule has 2 N–H and O–H groups in total. The molecule has 0 saturated heterocycles. The molecule has 0 aliphatic carbocycles. The summed E-state index contributed by atoms with van der Waals surface area (Å²) in [4.78, 5) is 33.6. The standard InChI is InChI=1S/C23H23N5O4S/c1-4-7-14-12-20(29)26-23(24-14)28-19(13-16(27-28)18-10-6-11-33-18)25-22(30)15-8-5-9-17(31-2)21(15)32-3/h5-6,8-13H,4,7H2,1-3H3,(H,25,30)(H,24,26,29). The number of nitrogens with zero attached hydrogens (tertiary/aromatic N) is 3. The minimum atomic E-state index is -0.420. The topological polar surface area (TPSA) is 111 Å². The Bertz CT molecular complexity index is 1330. The lowest BCUT2D eigenvalue weighted by molar-refractivity contribution is 0.102. The number of ether oxygens (including phenoxy) is 2. The van der Waals surface area contributed by atoms with Crippen molar-refractivity contribution < 1.29 is 14.3 Å². The number of hydrogen-bond donors (Lipinski definition) is 2. The number of carbonyl (C=O) groups excluding carboxylic acids is 1. The molecule has 0 fully saturated rings. The largest absolute Gasteiger partial charge is 0.493 e. The number of amides is 1. The van der Waals surface area contributed by atoms with Crippen molar-refractivity contribution in [2.75, 3.05) is 19.5 Å². The molecule has 0 saturated carbocycles. The summed E-state index contributed by atoms with van der Waals surface area (Å²) in [6, 6.07) is 12.1. The van der Waals surface area contributed by atoms with Crippen LogP contribution in [-0.2, 0) is 6.42 Å². The first kappa shape index (κ1) is 22.3. The molecule has 0 aliphatic heterocycles. The predicted molar refractivity (Wildman–Crippen MR) is 127 cm³/mol. The van der Waals surface area contributed by atoms with Gasteiger partial charge in [-0.2, -0.15) is 9.78 Å². The third-order valence-corrected chi connectivity index (χ3v) is 5.75. The molecule has 0 unspecified atom stereocenters. The summed E-state index contributed by atoms with van der Waals surface area (Å²) < 4.78 is 12.1. The summed E-state index contributed by atoms with van der Waals surface area (Å²) in [5.74, 6) is 0.915. The van der Waals surface area contributed by atoms with Crippen LogP contribution in [0.5, 0.6) is 11.5 Å². The number of rotatable bonds is 8. The SMILES string of the molecule is CCCc1cc(=O)[nH]c(-n2nc(-c3cccs3)cc2NC(=O)c2cccc(OC)c2OC)n1. The third kappa shape index (κ3) is 4.65. The molecular formula is C23H23N5O4S. The molecule has 10 heteroatoms. The highest BCUT2D eigenvalue weighted by Crippen LogP contribution is 2.32. The lowest BCUT2D eigenvalue weighted by Crippen LogP contribution is -2.19. The summed E-state index contributed by atoms with van der Waals surface area (Å²) in [6.07, 6.45) is 1.49. The Morgan fingerprint density at radius 2 is 2.03 bits per heavy atom. The summed E-state index contributed by atoms with van der Waals surface area (Å²) in [6.45, 7) is 2.01. The van der Waals surface area contributed by atoms with Crippen LogP contribution in [0, 0.1) is 0 Å².